The monoisotopic (exact) mass is 275 g/mol. The van der Waals surface area contributed by atoms with E-state index in [-0.39, 0.29) is 5.91 Å². The molecule has 0 unspecified atom stereocenters. The van der Waals surface area contributed by atoms with Crippen molar-refractivity contribution in [3.63, 3.8) is 0 Å². The van der Waals surface area contributed by atoms with Crippen LogP contribution in [0.3, 0.4) is 0 Å². The van der Waals surface area contributed by atoms with E-state index in [4.69, 9.17) is 0 Å². The van der Waals surface area contributed by atoms with E-state index in [1.54, 1.807) is 0 Å². The Morgan fingerprint density at radius 2 is 1.55 bits per heavy atom. The van der Waals surface area contributed by atoms with Crippen molar-refractivity contribution in [3.05, 3.63) is 30.3 Å². The molecule has 0 radical (unpaired) electrons. The lowest BCUT2D eigenvalue weighted by atomic mass is 10.1. The molecule has 3 saturated heterocycles. The molecule has 3 aliphatic rings. The third kappa shape index (κ3) is 2.58. The topological polar surface area (TPSA) is 29.1 Å². The van der Waals surface area contributed by atoms with Crippen LogP contribution in [0, 0.1) is 0 Å². The van der Waals surface area contributed by atoms with Crippen molar-refractivity contribution in [1.29, 1.82) is 0 Å². The van der Waals surface area contributed by atoms with E-state index in [0.29, 0.717) is 6.54 Å². The number of benzene rings is 1. The molecule has 20 heavy (non-hydrogen) atoms. The lowest BCUT2D eigenvalue weighted by molar-refractivity contribution is -1.08. The van der Waals surface area contributed by atoms with Gasteiger partial charge in [-0.25, -0.2) is 0 Å². The standard InChI is InChI=1S/C16H24N3O/c1-2-18-8-11-19(12-9-18,13-10-18)14-16(20)17-15-6-4-3-5-7-15/h3-7H,2,8-14H2,1H3/q+1/p+1. The van der Waals surface area contributed by atoms with Crippen LogP contribution in [0.4, 0.5) is 5.69 Å². The number of hydrogen-bond acceptors (Lipinski definition) is 1. The molecule has 3 fully saturated rings. The molecule has 0 spiro atoms. The van der Waals surface area contributed by atoms with Crippen LogP contribution in [-0.2, 0) is 4.79 Å². The maximum Gasteiger partial charge on any atom is 0.279 e. The van der Waals surface area contributed by atoms with Gasteiger partial charge in [0.1, 0.15) is 39.3 Å². The highest BCUT2D eigenvalue weighted by Crippen LogP contribution is 2.26. The van der Waals surface area contributed by atoms with E-state index in [0.717, 1.165) is 29.8 Å². The van der Waals surface area contributed by atoms with Crippen LogP contribution in [-0.4, -0.2) is 67.2 Å². The van der Waals surface area contributed by atoms with Gasteiger partial charge in [-0.05, 0) is 19.1 Å². The first-order valence-corrected chi connectivity index (χ1v) is 7.71. The number of quaternary nitrogens is 2. The molecule has 0 aliphatic carbocycles. The summed E-state index contributed by atoms with van der Waals surface area (Å²) < 4.78 is 2.28. The van der Waals surface area contributed by atoms with Crippen LogP contribution in [0.1, 0.15) is 6.92 Å². The summed E-state index contributed by atoms with van der Waals surface area (Å²) in [5, 5.41) is 3.03. The van der Waals surface area contributed by atoms with E-state index in [9.17, 15) is 4.79 Å². The molecule has 1 N–H and O–H groups in total. The molecular formula is C16H25N3O+2. The summed E-state index contributed by atoms with van der Waals surface area (Å²) in [6.07, 6.45) is 0. The smallest absolute Gasteiger partial charge is 0.279 e. The molecule has 0 aromatic heterocycles. The number of hydrogen-bond donors (Lipinski definition) is 1. The van der Waals surface area contributed by atoms with Gasteiger partial charge in [-0.2, -0.15) is 0 Å². The van der Waals surface area contributed by atoms with Gasteiger partial charge in [0, 0.05) is 5.69 Å². The number of amides is 1. The Kier molecular flexibility index (Phi) is 3.52. The zero-order valence-electron chi connectivity index (χ0n) is 12.3. The third-order valence-corrected chi connectivity index (χ3v) is 5.35. The minimum absolute atomic E-state index is 0.162. The molecular weight excluding hydrogens is 250 g/mol. The van der Waals surface area contributed by atoms with Gasteiger partial charge in [0.15, 0.2) is 6.54 Å². The molecule has 3 heterocycles. The number of para-hydroxylation sites is 1. The maximum absolute atomic E-state index is 12.3. The van der Waals surface area contributed by atoms with Crippen LogP contribution >= 0.6 is 0 Å². The SMILES string of the molecule is CC[N+]12CC[N+](CC(=O)Nc3ccccc3)(CC1)CC2. The third-order valence-electron chi connectivity index (χ3n) is 5.35. The predicted octanol–water partition coefficient (Wildman–Crippen LogP) is 1.31. The summed E-state index contributed by atoms with van der Waals surface area (Å²) >= 11 is 0. The number of fused-ring (bicyclic) bond motifs is 3. The van der Waals surface area contributed by atoms with Crippen molar-refractivity contribution in [1.82, 2.24) is 0 Å². The Balaban J connectivity index is 1.60. The fraction of sp³-hybridized carbons (Fsp3) is 0.562. The van der Waals surface area contributed by atoms with Gasteiger partial charge < -0.3 is 14.3 Å². The summed E-state index contributed by atoms with van der Waals surface area (Å²) in [5.74, 6) is 0.162. The summed E-state index contributed by atoms with van der Waals surface area (Å²) in [5.41, 5.74) is 0.906. The van der Waals surface area contributed by atoms with Gasteiger partial charge in [-0.15, -0.1) is 0 Å². The highest BCUT2D eigenvalue weighted by Gasteiger charge is 2.48. The van der Waals surface area contributed by atoms with Crippen LogP contribution in [0.2, 0.25) is 0 Å². The molecule has 108 valence electrons. The zero-order chi connectivity index (χ0) is 14.1. The van der Waals surface area contributed by atoms with E-state index >= 15 is 0 Å². The first-order chi connectivity index (χ1) is 9.65. The molecule has 1 aromatic rings. The number of likely N-dealkylation sites (N-methyl/N-ethyl adjacent to an activating group) is 1. The quantitative estimate of drug-likeness (QED) is 0.825. The van der Waals surface area contributed by atoms with Gasteiger partial charge in [0.05, 0.1) is 6.54 Å². The number of anilines is 1. The minimum Gasteiger partial charge on any atom is -0.321 e. The average Bonchev–Trinajstić information content (AvgIpc) is 2.50. The number of piperazine rings is 3. The molecule has 2 bridgehead atoms. The minimum atomic E-state index is 0.162. The Hall–Kier alpha value is -1.39. The van der Waals surface area contributed by atoms with E-state index in [1.807, 2.05) is 30.3 Å². The number of carbonyl (C=O) groups is 1. The lowest BCUT2D eigenvalue weighted by Crippen LogP contribution is -2.75. The van der Waals surface area contributed by atoms with Gasteiger partial charge >= 0.3 is 0 Å². The molecule has 1 amide bonds. The highest BCUT2D eigenvalue weighted by atomic mass is 16.2. The molecule has 4 heteroatoms. The Morgan fingerprint density at radius 1 is 1.00 bits per heavy atom. The largest absolute Gasteiger partial charge is 0.321 e. The average molecular weight is 275 g/mol. The molecule has 0 saturated carbocycles. The molecule has 0 atom stereocenters. The number of nitrogens with zero attached hydrogens (tertiary/aromatic N) is 2. The lowest BCUT2D eigenvalue weighted by Gasteiger charge is -2.55. The molecule has 4 rings (SSSR count). The zero-order valence-corrected chi connectivity index (χ0v) is 12.3. The van der Waals surface area contributed by atoms with Gasteiger partial charge in [-0.3, -0.25) is 4.79 Å². The predicted molar refractivity (Wildman–Crippen MR) is 80.2 cm³/mol. The van der Waals surface area contributed by atoms with Crippen LogP contribution in [0.5, 0.6) is 0 Å². The van der Waals surface area contributed by atoms with E-state index in [1.165, 1.54) is 30.7 Å². The fourth-order valence-electron chi connectivity index (χ4n) is 3.68. The Morgan fingerprint density at radius 3 is 2.10 bits per heavy atom. The second kappa shape index (κ2) is 5.19. The Labute approximate surface area is 121 Å². The number of carbonyl (C=O) groups excluding carboxylic acids is 1. The van der Waals surface area contributed by atoms with Gasteiger partial charge in [0.2, 0.25) is 0 Å². The van der Waals surface area contributed by atoms with Crippen molar-refractivity contribution in [2.24, 2.45) is 0 Å². The van der Waals surface area contributed by atoms with Gasteiger partial charge in [-0.1, -0.05) is 18.2 Å². The Bertz CT molecular complexity index is 461. The molecule has 4 nitrogen and oxygen atoms in total. The van der Waals surface area contributed by atoms with E-state index < -0.39 is 0 Å². The van der Waals surface area contributed by atoms with Crippen molar-refractivity contribution < 1.29 is 13.8 Å². The molecule has 1 aromatic carbocycles. The second-order valence-corrected chi connectivity index (χ2v) is 6.41. The summed E-state index contributed by atoms with van der Waals surface area (Å²) in [6.45, 7) is 11.4. The summed E-state index contributed by atoms with van der Waals surface area (Å²) in [7, 11) is 0. The van der Waals surface area contributed by atoms with Crippen molar-refractivity contribution in [2.75, 3.05) is 57.7 Å². The van der Waals surface area contributed by atoms with Crippen LogP contribution in [0.15, 0.2) is 30.3 Å². The van der Waals surface area contributed by atoms with Gasteiger partial charge in [0.25, 0.3) is 5.91 Å². The number of nitrogens with one attached hydrogen (secondary N) is 1. The van der Waals surface area contributed by atoms with Crippen molar-refractivity contribution in [2.45, 2.75) is 6.92 Å². The number of rotatable bonds is 4. The van der Waals surface area contributed by atoms with Crippen LogP contribution in [0.25, 0.3) is 0 Å². The first kappa shape index (κ1) is 13.6. The molecule has 3 aliphatic heterocycles. The van der Waals surface area contributed by atoms with Crippen molar-refractivity contribution >= 4 is 11.6 Å². The summed E-state index contributed by atoms with van der Waals surface area (Å²) in [6, 6.07) is 9.77. The normalized spacial score (nSPS) is 32.0. The first-order valence-electron chi connectivity index (χ1n) is 7.71. The highest BCUT2D eigenvalue weighted by molar-refractivity contribution is 5.91. The fourth-order valence-corrected chi connectivity index (χ4v) is 3.68. The maximum atomic E-state index is 12.3. The van der Waals surface area contributed by atoms with Crippen LogP contribution < -0.4 is 5.32 Å². The van der Waals surface area contributed by atoms with E-state index in [2.05, 4.69) is 12.2 Å². The summed E-state index contributed by atoms with van der Waals surface area (Å²) in [4.78, 5) is 12.3. The second-order valence-electron chi connectivity index (χ2n) is 6.41. The van der Waals surface area contributed by atoms with Crippen molar-refractivity contribution in [3.8, 4) is 0 Å².